The van der Waals surface area contributed by atoms with Crippen LogP contribution >= 0.6 is 0 Å². The fourth-order valence-corrected chi connectivity index (χ4v) is 2.73. The average Bonchev–Trinajstić information content (AvgIpc) is 2.75. The topological polar surface area (TPSA) is 47.0 Å². The molecule has 1 fully saturated rings. The molecule has 1 unspecified atom stereocenters. The van der Waals surface area contributed by atoms with Gasteiger partial charge in [-0.3, -0.25) is 0 Å². The van der Waals surface area contributed by atoms with Crippen LogP contribution in [0.1, 0.15) is 39.7 Å². The summed E-state index contributed by atoms with van der Waals surface area (Å²) in [5.74, 6) is 0.378. The van der Waals surface area contributed by atoms with Crippen LogP contribution < -0.4 is 5.46 Å². The van der Waals surface area contributed by atoms with E-state index in [0.717, 1.165) is 6.42 Å². The van der Waals surface area contributed by atoms with Crippen molar-refractivity contribution in [2.75, 3.05) is 14.1 Å². The second-order valence-electron chi connectivity index (χ2n) is 7.21. The molecule has 138 valence electrons. The molecule has 2 rings (SSSR count). The Kier molecular flexibility index (Phi) is 5.84. The van der Waals surface area contributed by atoms with E-state index >= 15 is 0 Å². The zero-order valence-corrected chi connectivity index (χ0v) is 15.7. The highest BCUT2D eigenvalue weighted by Crippen LogP contribution is 2.39. The van der Waals surface area contributed by atoms with Gasteiger partial charge in [0.2, 0.25) is 6.43 Å². The fourth-order valence-electron chi connectivity index (χ4n) is 2.73. The molecule has 8 heteroatoms. The Morgan fingerprint density at radius 2 is 2.00 bits per heavy atom. The quantitative estimate of drug-likeness (QED) is 0.448. The number of hydrogen-bond acceptors (Lipinski definition) is 4. The fraction of sp³-hybridized carbons (Fsp3) is 0.647. The summed E-state index contributed by atoms with van der Waals surface area (Å²) in [5.41, 5.74) is -0.0518. The van der Waals surface area contributed by atoms with Crippen LogP contribution in [0.4, 0.5) is 14.6 Å². The summed E-state index contributed by atoms with van der Waals surface area (Å²) in [7, 11) is 2.94. The van der Waals surface area contributed by atoms with Gasteiger partial charge in [-0.15, -0.1) is 0 Å². The zero-order valence-electron chi connectivity index (χ0n) is 15.7. The van der Waals surface area contributed by atoms with E-state index in [-0.39, 0.29) is 0 Å². The maximum absolute atomic E-state index is 13.1. The van der Waals surface area contributed by atoms with Gasteiger partial charge in [-0.05, 0) is 38.8 Å². The summed E-state index contributed by atoms with van der Waals surface area (Å²) < 4.78 is 38.3. The minimum Gasteiger partial charge on any atom is -0.399 e. The van der Waals surface area contributed by atoms with E-state index in [4.69, 9.17) is 9.31 Å². The lowest BCUT2D eigenvalue weighted by molar-refractivity contribution is -0.0118. The van der Waals surface area contributed by atoms with Crippen molar-refractivity contribution >= 4 is 24.7 Å². The molecule has 0 saturated carbocycles. The van der Waals surface area contributed by atoms with Crippen LogP contribution in [0, 0.1) is 0 Å². The monoisotopic (exact) mass is 353 g/mol. The molecule has 0 N–H and O–H groups in total. The van der Waals surface area contributed by atoms with E-state index in [9.17, 15) is 8.78 Å². The molecule has 1 atom stereocenters. The molecule has 25 heavy (non-hydrogen) atoms. The standard InChI is InChI=1S/C17H26BF2N3O2/c1-7-17(4)16(2,3)24-18(25-17)13-10-21-15(22-11-23(5)6)9-12(13)8-14(19)20/h9-11,14H,7-8H2,1-6H3. The summed E-state index contributed by atoms with van der Waals surface area (Å²) >= 11 is 0. The van der Waals surface area contributed by atoms with Gasteiger partial charge in [0.05, 0.1) is 17.5 Å². The van der Waals surface area contributed by atoms with Gasteiger partial charge in [-0.2, -0.15) is 0 Å². The van der Waals surface area contributed by atoms with E-state index in [1.807, 2.05) is 41.8 Å². The largest absolute Gasteiger partial charge is 0.496 e. The Morgan fingerprint density at radius 3 is 2.52 bits per heavy atom. The molecule has 0 spiro atoms. The molecule has 1 aliphatic rings. The predicted molar refractivity (Wildman–Crippen MR) is 96.1 cm³/mol. The van der Waals surface area contributed by atoms with Gasteiger partial charge in [-0.1, -0.05) is 6.92 Å². The van der Waals surface area contributed by atoms with Gasteiger partial charge in [0.15, 0.2) is 5.82 Å². The molecule has 1 aromatic heterocycles. The highest BCUT2D eigenvalue weighted by Gasteiger charge is 2.54. The average molecular weight is 353 g/mol. The van der Waals surface area contributed by atoms with Gasteiger partial charge < -0.3 is 14.2 Å². The molecule has 1 aromatic rings. The highest BCUT2D eigenvalue weighted by atomic mass is 19.3. The number of halogens is 2. The van der Waals surface area contributed by atoms with E-state index in [0.29, 0.717) is 16.8 Å². The van der Waals surface area contributed by atoms with Gasteiger partial charge >= 0.3 is 7.12 Å². The third-order valence-corrected chi connectivity index (χ3v) is 4.78. The molecule has 0 amide bonds. The SMILES string of the molecule is CCC1(C)OB(c2cnc(N=CN(C)C)cc2CC(F)F)OC1(C)C. The molecule has 0 aliphatic carbocycles. The molecule has 2 heterocycles. The van der Waals surface area contributed by atoms with Crippen molar-refractivity contribution < 1.29 is 18.1 Å². The molecule has 0 bridgehead atoms. The lowest BCUT2D eigenvalue weighted by atomic mass is 9.76. The Morgan fingerprint density at radius 1 is 1.32 bits per heavy atom. The second kappa shape index (κ2) is 7.37. The van der Waals surface area contributed by atoms with Gasteiger partial charge in [0.25, 0.3) is 0 Å². The summed E-state index contributed by atoms with van der Waals surface area (Å²) in [6.45, 7) is 7.90. The van der Waals surface area contributed by atoms with Gasteiger partial charge in [-0.25, -0.2) is 18.8 Å². The van der Waals surface area contributed by atoms with E-state index in [2.05, 4.69) is 9.98 Å². The molecule has 1 saturated heterocycles. The molecule has 1 aliphatic heterocycles. The first-order valence-electron chi connectivity index (χ1n) is 8.41. The van der Waals surface area contributed by atoms with Crippen LogP contribution in [0.15, 0.2) is 17.3 Å². The Balaban J connectivity index is 2.37. The summed E-state index contributed by atoms with van der Waals surface area (Å²) in [4.78, 5) is 10.2. The smallest absolute Gasteiger partial charge is 0.399 e. The Labute approximate surface area is 148 Å². The summed E-state index contributed by atoms with van der Waals surface area (Å²) in [6, 6.07) is 1.57. The van der Waals surface area contributed by atoms with Crippen molar-refractivity contribution in [3.63, 3.8) is 0 Å². The lowest BCUT2D eigenvalue weighted by Gasteiger charge is -2.35. The second-order valence-corrected chi connectivity index (χ2v) is 7.21. The molecule has 5 nitrogen and oxygen atoms in total. The van der Waals surface area contributed by atoms with Crippen molar-refractivity contribution in [2.24, 2.45) is 4.99 Å². The lowest BCUT2D eigenvalue weighted by Crippen LogP contribution is -2.44. The molecule has 0 radical (unpaired) electrons. The minimum atomic E-state index is -2.47. The number of pyridine rings is 1. The van der Waals surface area contributed by atoms with Crippen LogP contribution in [0.3, 0.4) is 0 Å². The van der Waals surface area contributed by atoms with Gasteiger partial charge in [0, 0.05) is 32.2 Å². The molecule has 0 aromatic carbocycles. The van der Waals surface area contributed by atoms with Crippen LogP contribution in [0.2, 0.25) is 0 Å². The molecular weight excluding hydrogens is 327 g/mol. The van der Waals surface area contributed by atoms with Crippen LogP contribution in [-0.4, -0.2) is 55.1 Å². The number of rotatable bonds is 6. The molecular formula is C17H26BF2N3O2. The van der Waals surface area contributed by atoms with Crippen molar-refractivity contribution in [1.29, 1.82) is 0 Å². The Bertz CT molecular complexity index is 640. The van der Waals surface area contributed by atoms with Crippen molar-refractivity contribution in [1.82, 2.24) is 9.88 Å². The first-order valence-corrected chi connectivity index (χ1v) is 8.41. The highest BCUT2D eigenvalue weighted by molar-refractivity contribution is 6.62. The maximum atomic E-state index is 13.1. The zero-order chi connectivity index (χ0) is 18.8. The first kappa shape index (κ1) is 19.8. The Hall–Kier alpha value is -1.54. The van der Waals surface area contributed by atoms with Crippen molar-refractivity contribution in [2.45, 2.75) is 58.2 Å². The number of aliphatic imine (C=N–C) groups is 1. The summed E-state index contributed by atoms with van der Waals surface area (Å²) in [5, 5.41) is 0. The van der Waals surface area contributed by atoms with Crippen LogP contribution in [0.5, 0.6) is 0 Å². The number of nitrogens with zero attached hydrogens (tertiary/aromatic N) is 3. The minimum absolute atomic E-state index is 0.378. The first-order chi connectivity index (χ1) is 11.6. The van der Waals surface area contributed by atoms with Crippen molar-refractivity contribution in [3.05, 3.63) is 17.8 Å². The number of hydrogen-bond donors (Lipinski definition) is 0. The van der Waals surface area contributed by atoms with Crippen LogP contribution in [-0.2, 0) is 15.7 Å². The van der Waals surface area contributed by atoms with E-state index in [1.54, 1.807) is 17.3 Å². The predicted octanol–water partition coefficient (Wildman–Crippen LogP) is 2.80. The number of alkyl halides is 2. The number of aromatic nitrogens is 1. The maximum Gasteiger partial charge on any atom is 0.496 e. The van der Waals surface area contributed by atoms with Crippen LogP contribution in [0.25, 0.3) is 0 Å². The van der Waals surface area contributed by atoms with E-state index < -0.39 is 31.2 Å². The normalized spacial score (nSPS) is 23.0. The summed E-state index contributed by atoms with van der Waals surface area (Å²) in [6.07, 6.45) is 0.989. The van der Waals surface area contributed by atoms with Gasteiger partial charge in [0.1, 0.15) is 0 Å². The van der Waals surface area contributed by atoms with E-state index in [1.165, 1.54) is 6.20 Å². The third kappa shape index (κ3) is 4.36. The van der Waals surface area contributed by atoms with Crippen molar-refractivity contribution in [3.8, 4) is 0 Å². The third-order valence-electron chi connectivity index (χ3n) is 4.78.